The van der Waals surface area contributed by atoms with Gasteiger partial charge in [0.25, 0.3) is 0 Å². The first-order valence-electron chi connectivity index (χ1n) is 6.23. The average molecular weight is 292 g/mol. The van der Waals surface area contributed by atoms with E-state index in [-0.39, 0.29) is 18.1 Å². The molecular formula is C12H20O6S. The van der Waals surface area contributed by atoms with Crippen LogP contribution in [0.25, 0.3) is 0 Å². The topological polar surface area (TPSA) is 97.7 Å². The highest BCUT2D eigenvalue weighted by atomic mass is 32.2. The molecule has 1 aliphatic carbocycles. The third-order valence-corrected chi connectivity index (χ3v) is 4.80. The van der Waals surface area contributed by atoms with Crippen LogP contribution in [0.4, 0.5) is 0 Å². The number of esters is 1. The van der Waals surface area contributed by atoms with E-state index in [0.717, 1.165) is 26.2 Å². The van der Waals surface area contributed by atoms with Crippen molar-refractivity contribution in [3.63, 3.8) is 0 Å². The molecule has 7 heteroatoms. The van der Waals surface area contributed by atoms with Crippen molar-refractivity contribution >= 4 is 21.8 Å². The van der Waals surface area contributed by atoms with Crippen LogP contribution in [-0.4, -0.2) is 44.6 Å². The highest BCUT2D eigenvalue weighted by molar-refractivity contribution is 7.90. The number of sulfone groups is 1. The number of carbonyl (C=O) groups excluding carboxylic acids is 1. The summed E-state index contributed by atoms with van der Waals surface area (Å²) in [5, 5.41) is 9.49. The van der Waals surface area contributed by atoms with E-state index in [1.807, 2.05) is 0 Å². The summed E-state index contributed by atoms with van der Waals surface area (Å²) in [4.78, 5) is 23.6. The van der Waals surface area contributed by atoms with Crippen LogP contribution in [0.5, 0.6) is 0 Å². The SMILES string of the molecule is COC(=O)C(CCS(C)(=O)=O)(C(=O)O)C1CCCC1. The van der Waals surface area contributed by atoms with Gasteiger partial charge in [0.05, 0.1) is 12.9 Å². The first kappa shape index (κ1) is 15.9. The summed E-state index contributed by atoms with van der Waals surface area (Å²) in [5.41, 5.74) is -1.73. The summed E-state index contributed by atoms with van der Waals surface area (Å²) < 4.78 is 27.2. The highest BCUT2D eigenvalue weighted by Gasteiger charge is 2.54. The van der Waals surface area contributed by atoms with Gasteiger partial charge in [-0.1, -0.05) is 12.8 Å². The van der Waals surface area contributed by atoms with Gasteiger partial charge in [-0.15, -0.1) is 0 Å². The van der Waals surface area contributed by atoms with Crippen LogP contribution in [-0.2, 0) is 24.2 Å². The molecule has 6 nitrogen and oxygen atoms in total. The van der Waals surface area contributed by atoms with E-state index in [1.54, 1.807) is 0 Å². The number of carbonyl (C=O) groups is 2. The van der Waals surface area contributed by atoms with Crippen molar-refractivity contribution < 1.29 is 27.9 Å². The van der Waals surface area contributed by atoms with Gasteiger partial charge in [0.1, 0.15) is 9.84 Å². The molecule has 1 fully saturated rings. The van der Waals surface area contributed by atoms with Crippen LogP contribution in [0, 0.1) is 11.3 Å². The van der Waals surface area contributed by atoms with E-state index < -0.39 is 27.2 Å². The Labute approximate surface area is 113 Å². The zero-order chi connectivity index (χ0) is 14.7. The van der Waals surface area contributed by atoms with Gasteiger partial charge in [-0.05, 0) is 25.2 Å². The minimum atomic E-state index is -3.33. The number of carboxylic acid groups (broad SMARTS) is 1. The van der Waals surface area contributed by atoms with E-state index in [4.69, 9.17) is 0 Å². The summed E-state index contributed by atoms with van der Waals surface area (Å²) in [6, 6.07) is 0. The molecule has 0 aromatic heterocycles. The van der Waals surface area contributed by atoms with Gasteiger partial charge < -0.3 is 9.84 Å². The summed E-state index contributed by atoms with van der Waals surface area (Å²) in [5.74, 6) is -2.80. The Hall–Kier alpha value is -1.11. The molecule has 19 heavy (non-hydrogen) atoms. The molecule has 0 amide bonds. The maximum Gasteiger partial charge on any atom is 0.323 e. The number of hydrogen-bond donors (Lipinski definition) is 1. The van der Waals surface area contributed by atoms with Gasteiger partial charge in [-0.2, -0.15) is 0 Å². The number of rotatable bonds is 6. The summed E-state index contributed by atoms with van der Waals surface area (Å²) in [7, 11) is -2.20. The quantitative estimate of drug-likeness (QED) is 0.576. The Morgan fingerprint density at radius 1 is 1.32 bits per heavy atom. The molecule has 0 aromatic rings. The predicted octanol–water partition coefficient (Wildman–Crippen LogP) is 0.855. The van der Waals surface area contributed by atoms with Gasteiger partial charge in [-0.3, -0.25) is 9.59 Å². The second-order valence-electron chi connectivity index (χ2n) is 5.13. The lowest BCUT2D eigenvalue weighted by atomic mass is 9.72. The zero-order valence-corrected chi connectivity index (χ0v) is 12.0. The molecule has 0 aliphatic heterocycles. The first-order valence-corrected chi connectivity index (χ1v) is 8.29. The fraction of sp³-hybridized carbons (Fsp3) is 0.833. The number of methoxy groups -OCH3 is 1. The molecule has 1 N–H and O–H groups in total. The van der Waals surface area contributed by atoms with Crippen molar-refractivity contribution in [3.8, 4) is 0 Å². The summed E-state index contributed by atoms with van der Waals surface area (Å²) in [6.45, 7) is 0. The molecule has 1 aliphatic rings. The van der Waals surface area contributed by atoms with Crippen LogP contribution < -0.4 is 0 Å². The zero-order valence-electron chi connectivity index (χ0n) is 11.2. The number of hydrogen-bond acceptors (Lipinski definition) is 5. The van der Waals surface area contributed by atoms with Gasteiger partial charge in [0.2, 0.25) is 0 Å². The number of ether oxygens (including phenoxy) is 1. The standard InChI is InChI=1S/C12H20O6S/c1-18-11(15)12(10(13)14,7-8-19(2,16)17)9-5-3-4-6-9/h9H,3-8H2,1-2H3,(H,13,14). The molecule has 0 aromatic carbocycles. The minimum absolute atomic E-state index is 0.224. The van der Waals surface area contributed by atoms with Crippen LogP contribution in [0.15, 0.2) is 0 Å². The largest absolute Gasteiger partial charge is 0.480 e. The number of carboxylic acids is 1. The Kier molecular flexibility index (Phi) is 4.95. The van der Waals surface area contributed by atoms with Gasteiger partial charge in [-0.25, -0.2) is 8.42 Å². The van der Waals surface area contributed by atoms with Crippen molar-refractivity contribution in [2.24, 2.45) is 11.3 Å². The van der Waals surface area contributed by atoms with Crippen LogP contribution in [0.2, 0.25) is 0 Å². The van der Waals surface area contributed by atoms with Crippen molar-refractivity contribution in [1.82, 2.24) is 0 Å². The molecule has 0 saturated heterocycles. The second-order valence-corrected chi connectivity index (χ2v) is 7.39. The van der Waals surface area contributed by atoms with E-state index in [0.29, 0.717) is 12.8 Å². The third kappa shape index (κ3) is 3.46. The molecule has 1 unspecified atom stereocenters. The van der Waals surface area contributed by atoms with Gasteiger partial charge in [0.15, 0.2) is 5.41 Å². The average Bonchev–Trinajstić information content (AvgIpc) is 2.81. The predicted molar refractivity (Wildman–Crippen MR) is 68.4 cm³/mol. The fourth-order valence-corrected chi connectivity index (χ4v) is 3.48. The fourth-order valence-electron chi connectivity index (χ4n) is 2.79. The van der Waals surface area contributed by atoms with Crippen molar-refractivity contribution in [2.45, 2.75) is 32.1 Å². The smallest absolute Gasteiger partial charge is 0.323 e. The maximum atomic E-state index is 12.0. The van der Waals surface area contributed by atoms with Gasteiger partial charge >= 0.3 is 11.9 Å². The molecule has 0 spiro atoms. The van der Waals surface area contributed by atoms with E-state index in [1.165, 1.54) is 0 Å². The molecule has 110 valence electrons. The third-order valence-electron chi connectivity index (χ3n) is 3.85. The maximum absolute atomic E-state index is 12.0. The Bertz CT molecular complexity index is 449. The number of aliphatic carboxylic acids is 1. The molecule has 0 heterocycles. The summed E-state index contributed by atoms with van der Waals surface area (Å²) in [6.07, 6.45) is 3.76. The molecule has 1 atom stereocenters. The second kappa shape index (κ2) is 5.90. The Morgan fingerprint density at radius 2 is 1.84 bits per heavy atom. The Morgan fingerprint density at radius 3 is 2.21 bits per heavy atom. The minimum Gasteiger partial charge on any atom is -0.480 e. The monoisotopic (exact) mass is 292 g/mol. The van der Waals surface area contributed by atoms with E-state index in [9.17, 15) is 23.1 Å². The Balaban J connectivity index is 3.11. The molecule has 0 bridgehead atoms. The lowest BCUT2D eigenvalue weighted by molar-refractivity contribution is -0.172. The molecular weight excluding hydrogens is 272 g/mol. The van der Waals surface area contributed by atoms with Crippen LogP contribution in [0.1, 0.15) is 32.1 Å². The van der Waals surface area contributed by atoms with Gasteiger partial charge in [0, 0.05) is 6.26 Å². The molecule has 1 rings (SSSR count). The first-order chi connectivity index (χ1) is 8.74. The van der Waals surface area contributed by atoms with Crippen LogP contribution in [0.3, 0.4) is 0 Å². The highest BCUT2D eigenvalue weighted by Crippen LogP contribution is 2.44. The molecule has 1 saturated carbocycles. The molecule has 0 radical (unpaired) electrons. The lowest BCUT2D eigenvalue weighted by Crippen LogP contribution is -2.47. The lowest BCUT2D eigenvalue weighted by Gasteiger charge is -2.32. The van der Waals surface area contributed by atoms with E-state index >= 15 is 0 Å². The van der Waals surface area contributed by atoms with Crippen molar-refractivity contribution in [2.75, 3.05) is 19.1 Å². The van der Waals surface area contributed by atoms with Crippen molar-refractivity contribution in [1.29, 1.82) is 0 Å². The van der Waals surface area contributed by atoms with E-state index in [2.05, 4.69) is 4.74 Å². The summed E-state index contributed by atoms with van der Waals surface area (Å²) >= 11 is 0. The normalized spacial score (nSPS) is 19.9. The van der Waals surface area contributed by atoms with Crippen LogP contribution >= 0.6 is 0 Å². The van der Waals surface area contributed by atoms with Crippen molar-refractivity contribution in [3.05, 3.63) is 0 Å².